The number of carbonyl (C=O) groups excluding carboxylic acids is 1. The Morgan fingerprint density at radius 1 is 1.44 bits per heavy atom. The highest BCUT2D eigenvalue weighted by Crippen LogP contribution is 2.30. The average Bonchev–Trinajstić information content (AvgIpc) is 2.83. The fourth-order valence-electron chi connectivity index (χ4n) is 2.80. The molecule has 2 rings (SSSR count). The van der Waals surface area contributed by atoms with Crippen molar-refractivity contribution in [3.05, 3.63) is 0 Å². The fourth-order valence-corrected chi connectivity index (χ4v) is 2.80. The maximum absolute atomic E-state index is 11.8. The molecule has 2 saturated heterocycles. The molecule has 0 saturated carbocycles. The van der Waals surface area contributed by atoms with Gasteiger partial charge in [0.1, 0.15) is 0 Å². The minimum absolute atomic E-state index is 0.0132. The van der Waals surface area contributed by atoms with Gasteiger partial charge in [0.2, 0.25) is 5.91 Å². The van der Waals surface area contributed by atoms with Crippen molar-refractivity contribution in [2.75, 3.05) is 26.3 Å². The first-order valence-corrected chi connectivity index (χ1v) is 6.40. The van der Waals surface area contributed by atoms with Gasteiger partial charge in [0.25, 0.3) is 0 Å². The van der Waals surface area contributed by atoms with Crippen LogP contribution in [-0.2, 0) is 9.53 Å². The van der Waals surface area contributed by atoms with Crippen molar-refractivity contribution < 1.29 is 9.53 Å². The molecule has 2 heterocycles. The standard InChI is InChI=1S/C12H22N2O2/c1-2-13-12(15)11-7-9(3-5-14-11)10-4-6-16-8-10/h9-11,14H,2-8H2,1H3,(H,13,15). The van der Waals surface area contributed by atoms with E-state index in [1.54, 1.807) is 0 Å². The Labute approximate surface area is 97.1 Å². The van der Waals surface area contributed by atoms with Crippen molar-refractivity contribution in [3.63, 3.8) is 0 Å². The van der Waals surface area contributed by atoms with Crippen LogP contribution < -0.4 is 10.6 Å². The lowest BCUT2D eigenvalue weighted by Crippen LogP contribution is -2.49. The van der Waals surface area contributed by atoms with E-state index in [4.69, 9.17) is 4.74 Å². The summed E-state index contributed by atoms with van der Waals surface area (Å²) in [5.74, 6) is 1.50. The molecule has 92 valence electrons. The zero-order chi connectivity index (χ0) is 11.4. The van der Waals surface area contributed by atoms with E-state index in [0.717, 1.165) is 26.2 Å². The lowest BCUT2D eigenvalue weighted by atomic mass is 9.81. The van der Waals surface area contributed by atoms with Crippen LogP contribution in [0.15, 0.2) is 0 Å². The summed E-state index contributed by atoms with van der Waals surface area (Å²) in [5.41, 5.74) is 0. The van der Waals surface area contributed by atoms with Gasteiger partial charge in [0, 0.05) is 19.8 Å². The van der Waals surface area contributed by atoms with Crippen molar-refractivity contribution in [2.45, 2.75) is 32.2 Å². The molecule has 0 aromatic heterocycles. The summed E-state index contributed by atoms with van der Waals surface area (Å²) in [6.45, 7) is 5.44. The second-order valence-electron chi connectivity index (χ2n) is 4.81. The SMILES string of the molecule is CCNC(=O)C1CC(C2CCOC2)CCN1. The molecule has 0 aromatic rings. The molecule has 16 heavy (non-hydrogen) atoms. The van der Waals surface area contributed by atoms with Crippen molar-refractivity contribution in [2.24, 2.45) is 11.8 Å². The van der Waals surface area contributed by atoms with E-state index in [1.165, 1.54) is 12.8 Å². The molecule has 2 fully saturated rings. The maximum atomic E-state index is 11.8. The second kappa shape index (κ2) is 5.64. The van der Waals surface area contributed by atoms with Gasteiger partial charge < -0.3 is 15.4 Å². The summed E-state index contributed by atoms with van der Waals surface area (Å²) in [6, 6.07) is 0.0132. The zero-order valence-corrected chi connectivity index (χ0v) is 10.00. The van der Waals surface area contributed by atoms with Crippen LogP contribution >= 0.6 is 0 Å². The summed E-state index contributed by atoms with van der Waals surface area (Å²) < 4.78 is 5.43. The van der Waals surface area contributed by atoms with Crippen LogP contribution in [-0.4, -0.2) is 38.3 Å². The summed E-state index contributed by atoms with van der Waals surface area (Å²) in [4.78, 5) is 11.8. The molecule has 0 spiro atoms. The molecule has 4 heteroatoms. The van der Waals surface area contributed by atoms with Crippen molar-refractivity contribution in [1.82, 2.24) is 10.6 Å². The van der Waals surface area contributed by atoms with Gasteiger partial charge in [-0.15, -0.1) is 0 Å². The number of hydrogen-bond donors (Lipinski definition) is 2. The van der Waals surface area contributed by atoms with Crippen LogP contribution in [0.5, 0.6) is 0 Å². The van der Waals surface area contributed by atoms with Crippen LogP contribution in [0.25, 0.3) is 0 Å². The van der Waals surface area contributed by atoms with Gasteiger partial charge in [-0.1, -0.05) is 0 Å². The number of carbonyl (C=O) groups is 1. The third-order valence-corrected chi connectivity index (χ3v) is 3.74. The van der Waals surface area contributed by atoms with Crippen LogP contribution in [0.4, 0.5) is 0 Å². The molecule has 2 N–H and O–H groups in total. The Kier molecular flexibility index (Phi) is 4.18. The summed E-state index contributed by atoms with van der Waals surface area (Å²) >= 11 is 0. The number of nitrogens with one attached hydrogen (secondary N) is 2. The Balaban J connectivity index is 1.85. The van der Waals surface area contributed by atoms with E-state index < -0.39 is 0 Å². The maximum Gasteiger partial charge on any atom is 0.237 e. The molecule has 0 radical (unpaired) electrons. The third kappa shape index (κ3) is 2.74. The molecule has 0 bridgehead atoms. The van der Waals surface area contributed by atoms with E-state index in [2.05, 4.69) is 10.6 Å². The molecule has 3 atom stereocenters. The van der Waals surface area contributed by atoms with Gasteiger partial charge in [0.05, 0.1) is 6.04 Å². The third-order valence-electron chi connectivity index (χ3n) is 3.74. The Morgan fingerprint density at radius 2 is 2.31 bits per heavy atom. The first-order valence-electron chi connectivity index (χ1n) is 6.40. The van der Waals surface area contributed by atoms with Gasteiger partial charge in [0.15, 0.2) is 0 Å². The van der Waals surface area contributed by atoms with Crippen molar-refractivity contribution in [3.8, 4) is 0 Å². The summed E-state index contributed by atoms with van der Waals surface area (Å²) in [7, 11) is 0. The second-order valence-corrected chi connectivity index (χ2v) is 4.81. The number of ether oxygens (including phenoxy) is 1. The minimum Gasteiger partial charge on any atom is -0.381 e. The van der Waals surface area contributed by atoms with Crippen LogP contribution in [0, 0.1) is 11.8 Å². The number of rotatable bonds is 3. The highest BCUT2D eigenvalue weighted by Gasteiger charge is 2.32. The van der Waals surface area contributed by atoms with E-state index in [0.29, 0.717) is 18.4 Å². The van der Waals surface area contributed by atoms with Gasteiger partial charge in [-0.05, 0) is 44.6 Å². The molecule has 0 aliphatic carbocycles. The Bertz CT molecular complexity index is 239. The van der Waals surface area contributed by atoms with Crippen LogP contribution in [0.3, 0.4) is 0 Å². The molecule has 2 aliphatic rings. The highest BCUT2D eigenvalue weighted by atomic mass is 16.5. The van der Waals surface area contributed by atoms with Gasteiger partial charge in [-0.25, -0.2) is 0 Å². The lowest BCUT2D eigenvalue weighted by molar-refractivity contribution is -0.124. The molecular weight excluding hydrogens is 204 g/mol. The monoisotopic (exact) mass is 226 g/mol. The Hall–Kier alpha value is -0.610. The highest BCUT2D eigenvalue weighted by molar-refractivity contribution is 5.81. The molecule has 1 amide bonds. The van der Waals surface area contributed by atoms with Gasteiger partial charge in [-0.3, -0.25) is 4.79 Å². The number of likely N-dealkylation sites (N-methyl/N-ethyl adjacent to an activating group) is 1. The Morgan fingerprint density at radius 3 is 3.00 bits per heavy atom. The van der Waals surface area contributed by atoms with Crippen molar-refractivity contribution >= 4 is 5.91 Å². The number of piperidine rings is 1. The number of amides is 1. The molecule has 4 nitrogen and oxygen atoms in total. The van der Waals surface area contributed by atoms with Crippen LogP contribution in [0.1, 0.15) is 26.2 Å². The first kappa shape index (κ1) is 11.9. The quantitative estimate of drug-likeness (QED) is 0.738. The number of hydrogen-bond acceptors (Lipinski definition) is 3. The van der Waals surface area contributed by atoms with E-state index in [-0.39, 0.29) is 11.9 Å². The normalized spacial score (nSPS) is 34.9. The molecule has 0 aromatic carbocycles. The van der Waals surface area contributed by atoms with E-state index in [9.17, 15) is 4.79 Å². The van der Waals surface area contributed by atoms with E-state index in [1.807, 2.05) is 6.92 Å². The topological polar surface area (TPSA) is 50.4 Å². The van der Waals surface area contributed by atoms with Crippen LogP contribution in [0.2, 0.25) is 0 Å². The first-order chi connectivity index (χ1) is 7.81. The average molecular weight is 226 g/mol. The molecular formula is C12H22N2O2. The van der Waals surface area contributed by atoms with Gasteiger partial charge >= 0.3 is 0 Å². The smallest absolute Gasteiger partial charge is 0.237 e. The molecule has 3 unspecified atom stereocenters. The summed E-state index contributed by atoms with van der Waals surface area (Å²) in [6.07, 6.45) is 3.33. The fraction of sp³-hybridized carbons (Fsp3) is 0.917. The predicted molar refractivity (Wildman–Crippen MR) is 62.1 cm³/mol. The zero-order valence-electron chi connectivity index (χ0n) is 10.00. The molecule has 2 aliphatic heterocycles. The van der Waals surface area contributed by atoms with E-state index >= 15 is 0 Å². The predicted octanol–water partition coefficient (Wildman–Crippen LogP) is 0.527. The lowest BCUT2D eigenvalue weighted by Gasteiger charge is -2.32. The van der Waals surface area contributed by atoms with Crippen molar-refractivity contribution in [1.29, 1.82) is 0 Å². The minimum atomic E-state index is 0.0132. The van der Waals surface area contributed by atoms with Gasteiger partial charge in [-0.2, -0.15) is 0 Å². The largest absolute Gasteiger partial charge is 0.381 e. The summed E-state index contributed by atoms with van der Waals surface area (Å²) in [5, 5.41) is 6.20.